The van der Waals surface area contributed by atoms with Gasteiger partial charge in [-0.2, -0.15) is 0 Å². The van der Waals surface area contributed by atoms with Crippen molar-refractivity contribution in [2.45, 2.75) is 57.4 Å². The predicted molar refractivity (Wildman–Crippen MR) is 103 cm³/mol. The number of nitrogens with one attached hydrogen (secondary N) is 2. The van der Waals surface area contributed by atoms with Crippen molar-refractivity contribution in [2.24, 2.45) is 0 Å². The second kappa shape index (κ2) is 7.58. The van der Waals surface area contributed by atoms with Gasteiger partial charge in [-0.1, -0.05) is 19.3 Å². The number of amides is 2. The number of thiophene rings is 1. The highest BCUT2D eigenvalue weighted by molar-refractivity contribution is 7.17. The maximum absolute atomic E-state index is 13.0. The molecule has 0 saturated heterocycles. The summed E-state index contributed by atoms with van der Waals surface area (Å²) in [5.41, 5.74) is 2.37. The van der Waals surface area contributed by atoms with Crippen LogP contribution in [-0.4, -0.2) is 22.8 Å². The van der Waals surface area contributed by atoms with Crippen LogP contribution >= 0.6 is 11.3 Å². The third kappa shape index (κ3) is 3.51. The quantitative estimate of drug-likeness (QED) is 0.857. The van der Waals surface area contributed by atoms with E-state index in [9.17, 15) is 9.59 Å². The molecule has 0 atom stereocenters. The lowest BCUT2D eigenvalue weighted by Gasteiger charge is -2.23. The summed E-state index contributed by atoms with van der Waals surface area (Å²) in [6.07, 6.45) is 11.9. The van der Waals surface area contributed by atoms with Gasteiger partial charge in [-0.25, -0.2) is 0 Å². The Labute approximate surface area is 157 Å². The smallest absolute Gasteiger partial charge is 0.256 e. The second-order valence-electron chi connectivity index (χ2n) is 7.06. The van der Waals surface area contributed by atoms with Crippen LogP contribution in [0.25, 0.3) is 0 Å². The molecule has 0 bridgehead atoms. The van der Waals surface area contributed by atoms with Crippen molar-refractivity contribution in [3.05, 3.63) is 46.1 Å². The van der Waals surface area contributed by atoms with E-state index in [1.807, 2.05) is 0 Å². The number of carbonyl (C=O) groups excluding carboxylic acids is 2. The Balaban J connectivity index is 1.57. The van der Waals surface area contributed by atoms with Crippen LogP contribution in [0, 0.1) is 0 Å². The van der Waals surface area contributed by atoms with Crippen molar-refractivity contribution in [3.8, 4) is 0 Å². The fourth-order valence-corrected chi connectivity index (χ4v) is 5.20. The maximum atomic E-state index is 13.0. The average molecular weight is 369 g/mol. The molecule has 2 aliphatic rings. The highest BCUT2D eigenvalue weighted by atomic mass is 32.1. The molecular weight excluding hydrogens is 346 g/mol. The predicted octanol–water partition coefficient (Wildman–Crippen LogP) is 3.95. The number of aryl methyl sites for hydroxylation is 1. The average Bonchev–Trinajstić information content (AvgIpc) is 3.24. The molecule has 1 fully saturated rings. The Morgan fingerprint density at radius 3 is 2.54 bits per heavy atom. The Morgan fingerprint density at radius 2 is 1.77 bits per heavy atom. The van der Waals surface area contributed by atoms with Crippen molar-refractivity contribution in [1.82, 2.24) is 10.3 Å². The SMILES string of the molecule is O=C(Nc1sc2c(c1C(=O)NC1CCCCC1)CCC2)c1ccncc1. The molecule has 2 aromatic heterocycles. The zero-order valence-corrected chi connectivity index (χ0v) is 15.5. The van der Waals surface area contributed by atoms with Crippen LogP contribution < -0.4 is 10.6 Å². The molecule has 2 aromatic rings. The lowest BCUT2D eigenvalue weighted by atomic mass is 9.95. The summed E-state index contributed by atoms with van der Waals surface area (Å²) >= 11 is 1.55. The van der Waals surface area contributed by atoms with E-state index in [0.717, 1.165) is 37.7 Å². The molecule has 4 rings (SSSR count). The first-order valence-corrected chi connectivity index (χ1v) is 10.2. The van der Waals surface area contributed by atoms with Gasteiger partial charge >= 0.3 is 0 Å². The monoisotopic (exact) mass is 369 g/mol. The minimum atomic E-state index is -0.195. The molecule has 5 nitrogen and oxygen atoms in total. The van der Waals surface area contributed by atoms with Gasteiger partial charge in [0, 0.05) is 28.9 Å². The molecule has 136 valence electrons. The minimum Gasteiger partial charge on any atom is -0.349 e. The zero-order valence-electron chi connectivity index (χ0n) is 14.7. The number of anilines is 1. The first-order chi connectivity index (χ1) is 12.7. The van der Waals surface area contributed by atoms with Gasteiger partial charge in [0.2, 0.25) is 0 Å². The van der Waals surface area contributed by atoms with Gasteiger partial charge in [0.15, 0.2) is 0 Å². The van der Waals surface area contributed by atoms with Gasteiger partial charge in [0.25, 0.3) is 11.8 Å². The van der Waals surface area contributed by atoms with Gasteiger partial charge in [-0.15, -0.1) is 11.3 Å². The van der Waals surface area contributed by atoms with Crippen LogP contribution in [0.5, 0.6) is 0 Å². The molecule has 2 aliphatic carbocycles. The molecule has 2 N–H and O–H groups in total. The highest BCUT2D eigenvalue weighted by Gasteiger charge is 2.29. The van der Waals surface area contributed by atoms with Crippen LogP contribution in [0.3, 0.4) is 0 Å². The minimum absolute atomic E-state index is 0.0265. The maximum Gasteiger partial charge on any atom is 0.256 e. The van der Waals surface area contributed by atoms with Gasteiger partial charge < -0.3 is 10.6 Å². The van der Waals surface area contributed by atoms with E-state index in [1.54, 1.807) is 35.9 Å². The number of fused-ring (bicyclic) bond motifs is 1. The molecule has 0 aromatic carbocycles. The molecule has 6 heteroatoms. The lowest BCUT2D eigenvalue weighted by Crippen LogP contribution is -2.36. The van der Waals surface area contributed by atoms with Gasteiger partial charge in [0.1, 0.15) is 5.00 Å². The standard InChI is InChI=1S/C20H23N3O2S/c24-18(13-9-11-21-12-10-13)23-20-17(15-7-4-8-16(15)26-20)19(25)22-14-5-2-1-3-6-14/h9-12,14H,1-8H2,(H,22,25)(H,23,24). The summed E-state index contributed by atoms with van der Waals surface area (Å²) in [6, 6.07) is 3.62. The van der Waals surface area contributed by atoms with Gasteiger partial charge in [0.05, 0.1) is 5.56 Å². The van der Waals surface area contributed by atoms with E-state index in [-0.39, 0.29) is 17.9 Å². The molecular formula is C20H23N3O2S. The van der Waals surface area contributed by atoms with Crippen molar-refractivity contribution >= 4 is 28.2 Å². The summed E-state index contributed by atoms with van der Waals surface area (Å²) in [7, 11) is 0. The molecule has 0 radical (unpaired) electrons. The van der Waals surface area contributed by atoms with Gasteiger partial charge in [-0.05, 0) is 49.8 Å². The molecule has 1 saturated carbocycles. The van der Waals surface area contributed by atoms with E-state index >= 15 is 0 Å². The van der Waals surface area contributed by atoms with E-state index in [2.05, 4.69) is 15.6 Å². The van der Waals surface area contributed by atoms with E-state index in [1.165, 1.54) is 24.1 Å². The van der Waals surface area contributed by atoms with E-state index < -0.39 is 0 Å². The van der Waals surface area contributed by atoms with Crippen LogP contribution in [0.4, 0.5) is 5.00 Å². The molecule has 0 spiro atoms. The Bertz CT molecular complexity index is 810. The number of carbonyl (C=O) groups is 2. The summed E-state index contributed by atoms with van der Waals surface area (Å²) < 4.78 is 0. The van der Waals surface area contributed by atoms with Crippen molar-refractivity contribution in [1.29, 1.82) is 0 Å². The first-order valence-electron chi connectivity index (χ1n) is 9.39. The normalized spacial score (nSPS) is 16.9. The second-order valence-corrected chi connectivity index (χ2v) is 8.17. The van der Waals surface area contributed by atoms with Crippen molar-refractivity contribution in [2.75, 3.05) is 5.32 Å². The van der Waals surface area contributed by atoms with Crippen molar-refractivity contribution in [3.63, 3.8) is 0 Å². The van der Waals surface area contributed by atoms with Crippen LogP contribution in [-0.2, 0) is 12.8 Å². The number of hydrogen-bond acceptors (Lipinski definition) is 4. The third-order valence-corrected chi connectivity index (χ3v) is 6.47. The summed E-state index contributed by atoms with van der Waals surface area (Å²) in [6.45, 7) is 0. The Kier molecular flexibility index (Phi) is 5.02. The topological polar surface area (TPSA) is 71.1 Å². The lowest BCUT2D eigenvalue weighted by molar-refractivity contribution is 0.0928. The van der Waals surface area contributed by atoms with Gasteiger partial charge in [-0.3, -0.25) is 14.6 Å². The van der Waals surface area contributed by atoms with Crippen LogP contribution in [0.1, 0.15) is 69.7 Å². The zero-order chi connectivity index (χ0) is 17.9. The van der Waals surface area contributed by atoms with E-state index in [4.69, 9.17) is 0 Å². The fourth-order valence-electron chi connectivity index (χ4n) is 3.92. The molecule has 0 aliphatic heterocycles. The third-order valence-electron chi connectivity index (χ3n) is 5.26. The highest BCUT2D eigenvalue weighted by Crippen LogP contribution is 2.39. The molecule has 2 amide bonds. The number of nitrogens with zero attached hydrogens (tertiary/aromatic N) is 1. The van der Waals surface area contributed by atoms with Crippen LogP contribution in [0.15, 0.2) is 24.5 Å². The molecule has 26 heavy (non-hydrogen) atoms. The summed E-state index contributed by atoms with van der Waals surface area (Å²) in [5, 5.41) is 6.86. The Morgan fingerprint density at radius 1 is 1.00 bits per heavy atom. The Hall–Kier alpha value is -2.21. The molecule has 0 unspecified atom stereocenters. The molecule has 2 heterocycles. The van der Waals surface area contributed by atoms with Crippen LogP contribution in [0.2, 0.25) is 0 Å². The largest absolute Gasteiger partial charge is 0.349 e. The number of aromatic nitrogens is 1. The van der Waals surface area contributed by atoms with E-state index in [0.29, 0.717) is 16.1 Å². The number of hydrogen-bond donors (Lipinski definition) is 2. The number of rotatable bonds is 4. The number of pyridine rings is 1. The fraction of sp³-hybridized carbons (Fsp3) is 0.450. The van der Waals surface area contributed by atoms with Crippen molar-refractivity contribution < 1.29 is 9.59 Å². The summed E-state index contributed by atoms with van der Waals surface area (Å²) in [4.78, 5) is 30.7. The summed E-state index contributed by atoms with van der Waals surface area (Å²) in [5.74, 6) is -0.222. The first kappa shape index (κ1) is 17.2.